The average Bonchev–Trinajstić information content (AvgIpc) is 2.97. The van der Waals surface area contributed by atoms with Gasteiger partial charge < -0.3 is 4.90 Å². The normalized spacial score (nSPS) is 17.5. The minimum Gasteiger partial charge on any atom is -0.371 e. The summed E-state index contributed by atoms with van der Waals surface area (Å²) in [6.07, 6.45) is 6.09. The third-order valence-electron chi connectivity index (χ3n) is 4.16. The van der Waals surface area contributed by atoms with Crippen molar-refractivity contribution in [2.45, 2.75) is 12.8 Å². The number of hydrogen-bond donors (Lipinski definition) is 0. The summed E-state index contributed by atoms with van der Waals surface area (Å²) in [7, 11) is 0. The van der Waals surface area contributed by atoms with Gasteiger partial charge in [0, 0.05) is 24.2 Å². The Morgan fingerprint density at radius 3 is 2.63 bits per heavy atom. The summed E-state index contributed by atoms with van der Waals surface area (Å²) in [4.78, 5) is 14.7. The second-order valence-corrected chi connectivity index (χ2v) is 5.30. The van der Waals surface area contributed by atoms with Crippen molar-refractivity contribution in [3.05, 3.63) is 47.5 Å². The predicted molar refractivity (Wildman–Crippen MR) is 78.8 cm³/mol. The van der Waals surface area contributed by atoms with E-state index in [0.29, 0.717) is 0 Å². The molecular weight excluding hydrogens is 234 g/mol. The Hall–Kier alpha value is -2.09. The van der Waals surface area contributed by atoms with Gasteiger partial charge in [-0.2, -0.15) is 0 Å². The smallest absolute Gasteiger partial charge is 0.188 e. The molecule has 2 aromatic rings. The predicted octanol–water partition coefficient (Wildman–Crippen LogP) is 3.65. The van der Waals surface area contributed by atoms with Crippen LogP contribution in [0.25, 0.3) is 16.8 Å². The van der Waals surface area contributed by atoms with Crippen LogP contribution in [0.1, 0.15) is 28.8 Å². The van der Waals surface area contributed by atoms with Crippen LogP contribution in [-0.4, -0.2) is 18.9 Å². The van der Waals surface area contributed by atoms with E-state index in [1.54, 1.807) is 6.08 Å². The van der Waals surface area contributed by atoms with Gasteiger partial charge in [0.25, 0.3) is 0 Å². The number of allylic oxidation sites excluding steroid dienone is 1. The number of carbonyl (C=O) groups is 1. The summed E-state index contributed by atoms with van der Waals surface area (Å²) in [6, 6.07) is 10.5. The molecule has 19 heavy (non-hydrogen) atoms. The van der Waals surface area contributed by atoms with E-state index >= 15 is 0 Å². The quantitative estimate of drug-likeness (QED) is 0.769. The molecule has 4 rings (SSSR count). The van der Waals surface area contributed by atoms with Crippen molar-refractivity contribution in [1.29, 1.82) is 0 Å². The summed E-state index contributed by atoms with van der Waals surface area (Å²) >= 11 is 0. The van der Waals surface area contributed by atoms with Crippen molar-refractivity contribution in [2.24, 2.45) is 0 Å². The summed E-state index contributed by atoms with van der Waals surface area (Å²) in [5.41, 5.74) is 3.18. The van der Waals surface area contributed by atoms with E-state index in [9.17, 15) is 4.79 Å². The fraction of sp³-hybridized carbons (Fsp3) is 0.235. The van der Waals surface area contributed by atoms with Crippen molar-refractivity contribution in [3.63, 3.8) is 0 Å². The number of nitrogens with zero attached hydrogens (tertiary/aromatic N) is 1. The lowest BCUT2D eigenvalue weighted by atomic mass is 9.90. The number of anilines is 1. The lowest BCUT2D eigenvalue weighted by Gasteiger charge is -2.23. The summed E-state index contributed by atoms with van der Waals surface area (Å²) in [5.74, 6) is 0.145. The van der Waals surface area contributed by atoms with Gasteiger partial charge in [0.05, 0.1) is 5.56 Å². The first-order chi connectivity index (χ1) is 9.34. The standard InChI is InChI=1S/C17H15NO/c19-15-9-7-13-5-3-4-12-6-8-14(17(15)16(12)13)18-10-1-2-11-18/h3-9H,1-2,10-11H2. The summed E-state index contributed by atoms with van der Waals surface area (Å²) in [6.45, 7) is 2.13. The third-order valence-corrected chi connectivity index (χ3v) is 4.16. The van der Waals surface area contributed by atoms with Gasteiger partial charge >= 0.3 is 0 Å². The van der Waals surface area contributed by atoms with Crippen molar-refractivity contribution in [3.8, 4) is 0 Å². The van der Waals surface area contributed by atoms with Crippen LogP contribution in [0.2, 0.25) is 0 Å². The molecule has 1 heterocycles. The Morgan fingerprint density at radius 2 is 1.79 bits per heavy atom. The first-order valence-electron chi connectivity index (χ1n) is 6.88. The second kappa shape index (κ2) is 3.95. The number of hydrogen-bond acceptors (Lipinski definition) is 2. The zero-order valence-electron chi connectivity index (χ0n) is 10.7. The maximum atomic E-state index is 12.3. The Morgan fingerprint density at radius 1 is 0.947 bits per heavy atom. The molecule has 0 N–H and O–H groups in total. The highest BCUT2D eigenvalue weighted by Gasteiger charge is 2.23. The molecule has 0 atom stereocenters. The third kappa shape index (κ3) is 1.53. The number of rotatable bonds is 1. The molecule has 94 valence electrons. The molecular formula is C17H15NO. The van der Waals surface area contributed by atoms with Crippen LogP contribution in [0, 0.1) is 0 Å². The number of benzene rings is 2. The van der Waals surface area contributed by atoms with Crippen LogP contribution in [0.3, 0.4) is 0 Å². The highest BCUT2D eigenvalue weighted by atomic mass is 16.1. The summed E-state index contributed by atoms with van der Waals surface area (Å²) in [5, 5.41) is 2.28. The SMILES string of the molecule is O=C1C=Cc2cccc3ccc(N4CCCC4)c1c23. The monoisotopic (exact) mass is 249 g/mol. The van der Waals surface area contributed by atoms with Gasteiger partial charge in [0.1, 0.15) is 0 Å². The van der Waals surface area contributed by atoms with Gasteiger partial charge in [-0.05, 0) is 35.9 Å². The largest absolute Gasteiger partial charge is 0.371 e. The highest BCUT2D eigenvalue weighted by molar-refractivity contribution is 6.23. The van der Waals surface area contributed by atoms with Gasteiger partial charge in [-0.15, -0.1) is 0 Å². The molecule has 1 aliphatic carbocycles. The first kappa shape index (κ1) is 10.8. The minimum absolute atomic E-state index is 0.145. The fourth-order valence-corrected chi connectivity index (χ4v) is 3.26. The molecule has 0 spiro atoms. The van der Waals surface area contributed by atoms with E-state index in [4.69, 9.17) is 0 Å². The van der Waals surface area contributed by atoms with Crippen LogP contribution in [0.4, 0.5) is 5.69 Å². The summed E-state index contributed by atoms with van der Waals surface area (Å²) < 4.78 is 0. The Bertz CT molecular complexity index is 709. The Kier molecular flexibility index (Phi) is 2.25. The molecule has 2 aliphatic rings. The maximum absolute atomic E-state index is 12.3. The molecule has 1 fully saturated rings. The molecule has 1 saturated heterocycles. The second-order valence-electron chi connectivity index (χ2n) is 5.30. The Balaban J connectivity index is 2.05. The Labute approximate surface area is 112 Å². The molecule has 1 aliphatic heterocycles. The van der Waals surface area contributed by atoms with Gasteiger partial charge in [0.15, 0.2) is 5.78 Å². The molecule has 2 heteroatoms. The average molecular weight is 249 g/mol. The van der Waals surface area contributed by atoms with Crippen LogP contribution < -0.4 is 4.90 Å². The molecule has 2 aromatic carbocycles. The van der Waals surface area contributed by atoms with Gasteiger partial charge in [-0.25, -0.2) is 0 Å². The van der Waals surface area contributed by atoms with Crippen molar-refractivity contribution in [1.82, 2.24) is 0 Å². The molecule has 0 aromatic heterocycles. The van der Waals surface area contributed by atoms with Gasteiger partial charge in [0.2, 0.25) is 0 Å². The van der Waals surface area contributed by atoms with Gasteiger partial charge in [-0.3, -0.25) is 4.79 Å². The van der Waals surface area contributed by atoms with Crippen LogP contribution in [0.15, 0.2) is 36.4 Å². The number of ketones is 1. The molecule has 0 unspecified atom stereocenters. The van der Waals surface area contributed by atoms with E-state index in [-0.39, 0.29) is 5.78 Å². The molecule has 2 nitrogen and oxygen atoms in total. The van der Waals surface area contributed by atoms with Gasteiger partial charge in [-0.1, -0.05) is 30.3 Å². The number of carbonyl (C=O) groups excluding carboxylic acids is 1. The molecule has 0 amide bonds. The topological polar surface area (TPSA) is 20.3 Å². The molecule has 0 radical (unpaired) electrons. The zero-order chi connectivity index (χ0) is 12.8. The first-order valence-corrected chi connectivity index (χ1v) is 6.88. The van der Waals surface area contributed by atoms with E-state index < -0.39 is 0 Å². The van der Waals surface area contributed by atoms with Crippen molar-refractivity contribution >= 4 is 28.3 Å². The van der Waals surface area contributed by atoms with E-state index in [1.165, 1.54) is 12.8 Å². The maximum Gasteiger partial charge on any atom is 0.188 e. The highest BCUT2D eigenvalue weighted by Crippen LogP contribution is 2.36. The lowest BCUT2D eigenvalue weighted by molar-refractivity contribution is 0.104. The lowest BCUT2D eigenvalue weighted by Crippen LogP contribution is -2.21. The van der Waals surface area contributed by atoms with E-state index in [0.717, 1.165) is 40.7 Å². The van der Waals surface area contributed by atoms with Crippen molar-refractivity contribution in [2.75, 3.05) is 18.0 Å². The fourth-order valence-electron chi connectivity index (χ4n) is 3.26. The van der Waals surface area contributed by atoms with E-state index in [1.807, 2.05) is 6.08 Å². The van der Waals surface area contributed by atoms with E-state index in [2.05, 4.69) is 35.2 Å². The van der Waals surface area contributed by atoms with Crippen molar-refractivity contribution < 1.29 is 4.79 Å². The van der Waals surface area contributed by atoms with Crippen LogP contribution in [-0.2, 0) is 0 Å². The minimum atomic E-state index is 0.145. The zero-order valence-corrected chi connectivity index (χ0v) is 10.7. The van der Waals surface area contributed by atoms with Crippen LogP contribution in [0.5, 0.6) is 0 Å². The molecule has 0 bridgehead atoms. The molecule has 0 saturated carbocycles. The van der Waals surface area contributed by atoms with Crippen LogP contribution >= 0.6 is 0 Å².